The SMILES string of the molecule is CCc1nc(-c2cncnc2[C@H]2CN(CC(=O)N(CC)CC)CCO2)no1. The van der Waals surface area contributed by atoms with Crippen LogP contribution in [0.4, 0.5) is 0 Å². The molecule has 9 nitrogen and oxygen atoms in total. The summed E-state index contributed by atoms with van der Waals surface area (Å²) in [6.07, 6.45) is 3.56. The highest BCUT2D eigenvalue weighted by Crippen LogP contribution is 2.28. The van der Waals surface area contributed by atoms with Crippen LogP contribution < -0.4 is 0 Å². The molecular formula is C18H26N6O3. The lowest BCUT2D eigenvalue weighted by Gasteiger charge is -2.33. The fourth-order valence-corrected chi connectivity index (χ4v) is 3.15. The van der Waals surface area contributed by atoms with E-state index in [0.29, 0.717) is 55.6 Å². The molecule has 2 aromatic rings. The normalized spacial score (nSPS) is 17.8. The number of rotatable bonds is 7. The molecule has 3 heterocycles. The second kappa shape index (κ2) is 9.01. The monoisotopic (exact) mass is 374 g/mol. The van der Waals surface area contributed by atoms with Crippen molar-refractivity contribution < 1.29 is 14.1 Å². The van der Waals surface area contributed by atoms with E-state index in [1.54, 1.807) is 6.20 Å². The fraction of sp³-hybridized carbons (Fsp3) is 0.611. The van der Waals surface area contributed by atoms with Gasteiger partial charge in [0.05, 0.1) is 24.4 Å². The third-order valence-corrected chi connectivity index (χ3v) is 4.69. The highest BCUT2D eigenvalue weighted by molar-refractivity contribution is 5.78. The van der Waals surface area contributed by atoms with E-state index in [1.165, 1.54) is 6.33 Å². The zero-order chi connectivity index (χ0) is 19.2. The van der Waals surface area contributed by atoms with E-state index in [-0.39, 0.29) is 12.0 Å². The number of likely N-dealkylation sites (N-methyl/N-ethyl adjacent to an activating group) is 1. The summed E-state index contributed by atoms with van der Waals surface area (Å²) in [7, 11) is 0. The minimum atomic E-state index is -0.273. The van der Waals surface area contributed by atoms with Gasteiger partial charge in [0.15, 0.2) is 0 Å². The maximum absolute atomic E-state index is 12.4. The minimum absolute atomic E-state index is 0.134. The Labute approximate surface area is 158 Å². The lowest BCUT2D eigenvalue weighted by Crippen LogP contribution is -2.45. The number of amides is 1. The molecule has 146 valence electrons. The number of nitrogens with zero attached hydrogens (tertiary/aromatic N) is 6. The van der Waals surface area contributed by atoms with Crippen LogP contribution in [0.15, 0.2) is 17.0 Å². The molecule has 0 bridgehead atoms. The van der Waals surface area contributed by atoms with E-state index in [0.717, 1.165) is 13.1 Å². The average Bonchev–Trinajstić information content (AvgIpc) is 3.18. The van der Waals surface area contributed by atoms with Crippen LogP contribution in [0.2, 0.25) is 0 Å². The molecule has 1 saturated heterocycles. The first kappa shape index (κ1) is 19.4. The lowest BCUT2D eigenvalue weighted by molar-refractivity contribution is -0.134. The van der Waals surface area contributed by atoms with Crippen LogP contribution in [0.3, 0.4) is 0 Å². The summed E-state index contributed by atoms with van der Waals surface area (Å²) < 4.78 is 11.2. The van der Waals surface area contributed by atoms with Crippen molar-refractivity contribution in [2.24, 2.45) is 0 Å². The molecule has 9 heteroatoms. The van der Waals surface area contributed by atoms with Crippen LogP contribution in [-0.2, 0) is 16.0 Å². The Hall–Kier alpha value is -2.39. The summed E-state index contributed by atoms with van der Waals surface area (Å²) in [6.45, 7) is 9.58. The largest absolute Gasteiger partial charge is 0.369 e. The zero-order valence-corrected chi connectivity index (χ0v) is 16.1. The Bertz CT molecular complexity index is 761. The first-order valence-electron chi connectivity index (χ1n) is 9.40. The smallest absolute Gasteiger partial charge is 0.236 e. The zero-order valence-electron chi connectivity index (χ0n) is 16.1. The highest BCUT2D eigenvalue weighted by atomic mass is 16.5. The van der Waals surface area contributed by atoms with Crippen molar-refractivity contribution in [2.75, 3.05) is 39.3 Å². The number of aryl methyl sites for hydroxylation is 1. The molecule has 0 aliphatic carbocycles. The number of carbonyl (C=O) groups is 1. The lowest BCUT2D eigenvalue weighted by atomic mass is 10.1. The van der Waals surface area contributed by atoms with Crippen LogP contribution in [0.25, 0.3) is 11.4 Å². The van der Waals surface area contributed by atoms with E-state index in [4.69, 9.17) is 9.26 Å². The predicted octanol–water partition coefficient (Wildman–Crippen LogP) is 1.33. The van der Waals surface area contributed by atoms with Crippen LogP contribution >= 0.6 is 0 Å². The summed E-state index contributed by atoms with van der Waals surface area (Å²) >= 11 is 0. The van der Waals surface area contributed by atoms with Gasteiger partial charge in [-0.2, -0.15) is 4.98 Å². The van der Waals surface area contributed by atoms with Crippen LogP contribution in [-0.4, -0.2) is 75.1 Å². The summed E-state index contributed by atoms with van der Waals surface area (Å²) in [5.41, 5.74) is 1.41. The van der Waals surface area contributed by atoms with E-state index in [9.17, 15) is 4.79 Å². The van der Waals surface area contributed by atoms with Crippen molar-refractivity contribution in [3.05, 3.63) is 24.1 Å². The van der Waals surface area contributed by atoms with Gasteiger partial charge in [-0.1, -0.05) is 12.1 Å². The molecular weight excluding hydrogens is 348 g/mol. The first-order valence-corrected chi connectivity index (χ1v) is 9.40. The van der Waals surface area contributed by atoms with Gasteiger partial charge in [0.1, 0.15) is 12.4 Å². The van der Waals surface area contributed by atoms with Gasteiger partial charge < -0.3 is 14.2 Å². The van der Waals surface area contributed by atoms with Crippen molar-refractivity contribution in [3.8, 4) is 11.4 Å². The highest BCUT2D eigenvalue weighted by Gasteiger charge is 2.28. The van der Waals surface area contributed by atoms with Crippen LogP contribution in [0.1, 0.15) is 38.5 Å². The topological polar surface area (TPSA) is 97.5 Å². The van der Waals surface area contributed by atoms with E-state index in [1.807, 2.05) is 25.7 Å². The van der Waals surface area contributed by atoms with Gasteiger partial charge in [-0.15, -0.1) is 0 Å². The standard InChI is InChI=1S/C18H26N6O3/c1-4-15-21-18(22-27-15)13-9-19-12-20-17(13)14-10-23(7-8-26-14)11-16(25)24(5-2)6-3/h9,12,14H,4-8,10-11H2,1-3H3/t14-/m1/s1. The third-order valence-electron chi connectivity index (χ3n) is 4.69. The molecule has 1 atom stereocenters. The Morgan fingerprint density at radius 3 is 2.85 bits per heavy atom. The molecule has 1 amide bonds. The van der Waals surface area contributed by atoms with Gasteiger partial charge in [-0.3, -0.25) is 9.69 Å². The maximum Gasteiger partial charge on any atom is 0.236 e. The number of hydrogen-bond acceptors (Lipinski definition) is 8. The van der Waals surface area contributed by atoms with Crippen molar-refractivity contribution in [3.63, 3.8) is 0 Å². The first-order chi connectivity index (χ1) is 13.2. The number of carbonyl (C=O) groups excluding carboxylic acids is 1. The fourth-order valence-electron chi connectivity index (χ4n) is 3.15. The molecule has 0 spiro atoms. The molecule has 1 aliphatic rings. The van der Waals surface area contributed by atoms with Crippen LogP contribution in [0, 0.1) is 0 Å². The van der Waals surface area contributed by atoms with Gasteiger partial charge in [0.25, 0.3) is 0 Å². The van der Waals surface area contributed by atoms with Gasteiger partial charge >= 0.3 is 0 Å². The predicted molar refractivity (Wildman–Crippen MR) is 97.8 cm³/mol. The average molecular weight is 374 g/mol. The van der Waals surface area contributed by atoms with Crippen molar-refractivity contribution in [1.29, 1.82) is 0 Å². The molecule has 0 aromatic carbocycles. The number of aromatic nitrogens is 4. The van der Waals surface area contributed by atoms with Crippen molar-refractivity contribution in [2.45, 2.75) is 33.3 Å². The van der Waals surface area contributed by atoms with E-state index in [2.05, 4.69) is 25.0 Å². The number of morpholine rings is 1. The molecule has 0 N–H and O–H groups in total. The Morgan fingerprint density at radius 2 is 2.15 bits per heavy atom. The maximum atomic E-state index is 12.4. The molecule has 0 saturated carbocycles. The second-order valence-corrected chi connectivity index (χ2v) is 6.35. The number of ether oxygens (including phenoxy) is 1. The quantitative estimate of drug-likeness (QED) is 0.716. The molecule has 3 rings (SSSR count). The summed E-state index contributed by atoms with van der Waals surface area (Å²) in [5.74, 6) is 1.16. The molecule has 0 radical (unpaired) electrons. The molecule has 0 unspecified atom stereocenters. The van der Waals surface area contributed by atoms with Crippen molar-refractivity contribution >= 4 is 5.91 Å². The van der Waals surface area contributed by atoms with Crippen molar-refractivity contribution in [1.82, 2.24) is 29.9 Å². The van der Waals surface area contributed by atoms with Gasteiger partial charge in [0.2, 0.25) is 17.6 Å². The molecule has 1 aliphatic heterocycles. The van der Waals surface area contributed by atoms with E-state index < -0.39 is 0 Å². The Kier molecular flexibility index (Phi) is 6.46. The van der Waals surface area contributed by atoms with Gasteiger partial charge in [0, 0.05) is 38.8 Å². The van der Waals surface area contributed by atoms with Crippen LogP contribution in [0.5, 0.6) is 0 Å². The summed E-state index contributed by atoms with van der Waals surface area (Å²) in [6, 6.07) is 0. The van der Waals surface area contributed by atoms with Gasteiger partial charge in [-0.05, 0) is 13.8 Å². The summed E-state index contributed by atoms with van der Waals surface area (Å²) in [4.78, 5) is 29.3. The molecule has 1 fully saturated rings. The summed E-state index contributed by atoms with van der Waals surface area (Å²) in [5, 5.41) is 4.03. The Morgan fingerprint density at radius 1 is 1.33 bits per heavy atom. The Balaban J connectivity index is 1.76. The van der Waals surface area contributed by atoms with E-state index >= 15 is 0 Å². The number of hydrogen-bond donors (Lipinski definition) is 0. The van der Waals surface area contributed by atoms with Gasteiger partial charge in [-0.25, -0.2) is 9.97 Å². The third kappa shape index (κ3) is 4.48. The molecule has 27 heavy (non-hydrogen) atoms. The second-order valence-electron chi connectivity index (χ2n) is 6.35. The minimum Gasteiger partial charge on any atom is -0.369 e. The molecule has 2 aromatic heterocycles.